The van der Waals surface area contributed by atoms with Gasteiger partial charge in [-0.1, -0.05) is 41.3 Å². The first-order valence-electron chi connectivity index (χ1n) is 5.19. The summed E-state index contributed by atoms with van der Waals surface area (Å²) in [5, 5.41) is 3.98. The highest BCUT2D eigenvalue weighted by Gasteiger charge is 2.24. The van der Waals surface area contributed by atoms with E-state index in [4.69, 9.17) is 39.3 Å². The van der Waals surface area contributed by atoms with Crippen LogP contribution in [0.2, 0.25) is 10.0 Å². The normalized spacial score (nSPS) is 10.7. The molecule has 0 atom stereocenters. The SMILES string of the molecule is CCc1onc(-c2c(Cl)cccc2Cl)c1C(=O)Cl. The van der Waals surface area contributed by atoms with E-state index in [9.17, 15) is 4.79 Å². The molecule has 0 N–H and O–H groups in total. The Morgan fingerprint density at radius 3 is 2.44 bits per heavy atom. The van der Waals surface area contributed by atoms with E-state index >= 15 is 0 Å². The van der Waals surface area contributed by atoms with Crippen LogP contribution in [0.5, 0.6) is 0 Å². The number of nitrogens with zero attached hydrogens (tertiary/aromatic N) is 1. The number of hydrogen-bond acceptors (Lipinski definition) is 3. The molecule has 0 aliphatic heterocycles. The van der Waals surface area contributed by atoms with Crippen LogP contribution in [-0.4, -0.2) is 10.4 Å². The molecule has 0 saturated carbocycles. The van der Waals surface area contributed by atoms with Gasteiger partial charge in [-0.05, 0) is 23.7 Å². The summed E-state index contributed by atoms with van der Waals surface area (Å²) in [6, 6.07) is 5.02. The third-order valence-electron chi connectivity index (χ3n) is 2.48. The minimum absolute atomic E-state index is 0.217. The fraction of sp³-hybridized carbons (Fsp3) is 0.167. The topological polar surface area (TPSA) is 43.1 Å². The van der Waals surface area contributed by atoms with Crippen molar-refractivity contribution in [3.05, 3.63) is 39.6 Å². The maximum Gasteiger partial charge on any atom is 0.258 e. The minimum atomic E-state index is -0.640. The molecule has 1 aromatic heterocycles. The van der Waals surface area contributed by atoms with Crippen molar-refractivity contribution in [2.45, 2.75) is 13.3 Å². The standard InChI is InChI=1S/C12H8Cl3NO2/c1-2-8-10(12(15)17)11(16-18-8)9-6(13)4-3-5-7(9)14/h3-5H,2H2,1H3. The van der Waals surface area contributed by atoms with Gasteiger partial charge in [0.2, 0.25) is 0 Å². The zero-order valence-corrected chi connectivity index (χ0v) is 11.6. The van der Waals surface area contributed by atoms with Gasteiger partial charge in [0.15, 0.2) is 0 Å². The van der Waals surface area contributed by atoms with Gasteiger partial charge in [0.1, 0.15) is 17.0 Å². The highest BCUT2D eigenvalue weighted by molar-refractivity contribution is 6.68. The van der Waals surface area contributed by atoms with Crippen LogP contribution in [0.3, 0.4) is 0 Å². The summed E-state index contributed by atoms with van der Waals surface area (Å²) in [5.74, 6) is 0.418. The van der Waals surface area contributed by atoms with Gasteiger partial charge < -0.3 is 4.52 Å². The number of aryl methyl sites for hydroxylation is 1. The zero-order chi connectivity index (χ0) is 13.3. The number of aromatic nitrogens is 1. The van der Waals surface area contributed by atoms with E-state index in [1.807, 2.05) is 6.92 Å². The van der Waals surface area contributed by atoms with Crippen molar-refractivity contribution in [3.63, 3.8) is 0 Å². The molecule has 94 valence electrons. The Kier molecular flexibility index (Phi) is 3.95. The quantitative estimate of drug-likeness (QED) is 0.779. The number of carbonyl (C=O) groups is 1. The molecule has 6 heteroatoms. The molecule has 0 unspecified atom stereocenters. The van der Waals surface area contributed by atoms with Crippen LogP contribution in [-0.2, 0) is 6.42 Å². The summed E-state index contributed by atoms with van der Waals surface area (Å²) in [4.78, 5) is 11.5. The van der Waals surface area contributed by atoms with E-state index in [0.717, 1.165) is 0 Å². The molecule has 0 bridgehead atoms. The van der Waals surface area contributed by atoms with Crippen LogP contribution < -0.4 is 0 Å². The van der Waals surface area contributed by atoms with Crippen LogP contribution in [0.4, 0.5) is 0 Å². The first-order valence-corrected chi connectivity index (χ1v) is 6.32. The van der Waals surface area contributed by atoms with Crippen molar-refractivity contribution in [3.8, 4) is 11.3 Å². The second-order valence-corrected chi connectivity index (χ2v) is 4.71. The predicted octanol–water partition coefficient (Wildman–Crippen LogP) is 4.59. The lowest BCUT2D eigenvalue weighted by atomic mass is 10.1. The molecule has 0 amide bonds. The summed E-state index contributed by atoms with van der Waals surface area (Å²) in [6.07, 6.45) is 0.503. The van der Waals surface area contributed by atoms with Crippen LogP contribution in [0.1, 0.15) is 23.0 Å². The van der Waals surface area contributed by atoms with Crippen molar-refractivity contribution < 1.29 is 9.32 Å². The van der Waals surface area contributed by atoms with Crippen LogP contribution >= 0.6 is 34.8 Å². The molecule has 0 aliphatic carbocycles. The summed E-state index contributed by atoms with van der Waals surface area (Å²) in [6.45, 7) is 1.84. The number of carbonyl (C=O) groups excluding carboxylic acids is 1. The van der Waals surface area contributed by atoms with E-state index in [0.29, 0.717) is 27.8 Å². The van der Waals surface area contributed by atoms with Gasteiger partial charge >= 0.3 is 0 Å². The first-order chi connectivity index (χ1) is 8.56. The molecule has 3 nitrogen and oxygen atoms in total. The molecular formula is C12H8Cl3NO2. The van der Waals surface area contributed by atoms with Crippen molar-refractivity contribution in [1.82, 2.24) is 5.16 Å². The molecule has 0 saturated heterocycles. The van der Waals surface area contributed by atoms with Gasteiger partial charge in [-0.25, -0.2) is 0 Å². The molecule has 1 heterocycles. The number of rotatable bonds is 3. The highest BCUT2D eigenvalue weighted by atomic mass is 35.5. The summed E-state index contributed by atoms with van der Waals surface area (Å²) in [5.41, 5.74) is 0.949. The molecule has 0 aliphatic rings. The largest absolute Gasteiger partial charge is 0.360 e. The van der Waals surface area contributed by atoms with Gasteiger partial charge in [0.05, 0.1) is 10.0 Å². The monoisotopic (exact) mass is 303 g/mol. The van der Waals surface area contributed by atoms with Gasteiger partial charge in [0, 0.05) is 12.0 Å². The van der Waals surface area contributed by atoms with Gasteiger partial charge in [0.25, 0.3) is 5.24 Å². The maximum atomic E-state index is 11.5. The molecule has 0 fully saturated rings. The minimum Gasteiger partial charge on any atom is -0.360 e. The number of benzene rings is 1. The molecule has 2 rings (SSSR count). The summed E-state index contributed by atoms with van der Waals surface area (Å²) < 4.78 is 5.10. The van der Waals surface area contributed by atoms with Gasteiger partial charge in [-0.3, -0.25) is 4.79 Å². The van der Waals surface area contributed by atoms with Crippen molar-refractivity contribution >= 4 is 40.0 Å². The number of halogens is 3. The molecule has 1 aromatic carbocycles. The third-order valence-corrected chi connectivity index (χ3v) is 3.30. The Balaban J connectivity index is 2.72. The lowest BCUT2D eigenvalue weighted by Gasteiger charge is -2.04. The maximum absolute atomic E-state index is 11.5. The van der Waals surface area contributed by atoms with Crippen LogP contribution in [0.25, 0.3) is 11.3 Å². The summed E-state index contributed by atoms with van der Waals surface area (Å²) in [7, 11) is 0. The summed E-state index contributed by atoms with van der Waals surface area (Å²) >= 11 is 17.7. The average Bonchev–Trinajstić information content (AvgIpc) is 2.72. The lowest BCUT2D eigenvalue weighted by molar-refractivity contribution is 0.108. The molecule has 2 aromatic rings. The van der Waals surface area contributed by atoms with Gasteiger partial charge in [-0.2, -0.15) is 0 Å². The molecule has 0 radical (unpaired) electrons. The highest BCUT2D eigenvalue weighted by Crippen LogP contribution is 2.37. The van der Waals surface area contributed by atoms with Crippen molar-refractivity contribution in [1.29, 1.82) is 0 Å². The van der Waals surface area contributed by atoms with E-state index < -0.39 is 5.24 Å². The Morgan fingerprint density at radius 2 is 1.94 bits per heavy atom. The molecule has 0 spiro atoms. The van der Waals surface area contributed by atoms with Gasteiger partial charge in [-0.15, -0.1) is 0 Å². The zero-order valence-electron chi connectivity index (χ0n) is 9.34. The second-order valence-electron chi connectivity index (χ2n) is 3.55. The van der Waals surface area contributed by atoms with E-state index in [-0.39, 0.29) is 11.3 Å². The fourth-order valence-electron chi connectivity index (χ4n) is 1.66. The van der Waals surface area contributed by atoms with E-state index in [1.54, 1.807) is 18.2 Å². The van der Waals surface area contributed by atoms with Crippen LogP contribution in [0, 0.1) is 0 Å². The van der Waals surface area contributed by atoms with Crippen LogP contribution in [0.15, 0.2) is 22.7 Å². The molecular weight excluding hydrogens is 296 g/mol. The Hall–Kier alpha value is -1.03. The lowest BCUT2D eigenvalue weighted by Crippen LogP contribution is -1.96. The van der Waals surface area contributed by atoms with E-state index in [1.165, 1.54) is 0 Å². The first kappa shape index (κ1) is 13.4. The predicted molar refractivity (Wildman–Crippen MR) is 71.5 cm³/mol. The fourth-order valence-corrected chi connectivity index (χ4v) is 2.43. The molecule has 18 heavy (non-hydrogen) atoms. The average molecular weight is 305 g/mol. The number of hydrogen-bond donors (Lipinski definition) is 0. The van der Waals surface area contributed by atoms with E-state index in [2.05, 4.69) is 5.16 Å². The Labute approximate surface area is 119 Å². The van der Waals surface area contributed by atoms with Crippen molar-refractivity contribution in [2.24, 2.45) is 0 Å². The second kappa shape index (κ2) is 5.31. The Morgan fingerprint density at radius 1 is 1.33 bits per heavy atom. The Bertz CT molecular complexity index is 587. The smallest absolute Gasteiger partial charge is 0.258 e. The third kappa shape index (κ3) is 2.26. The van der Waals surface area contributed by atoms with Crippen molar-refractivity contribution in [2.75, 3.05) is 0 Å².